The molecule has 0 radical (unpaired) electrons. The highest BCUT2D eigenvalue weighted by molar-refractivity contribution is 8.14. The molecule has 0 unspecified atom stereocenters. The monoisotopic (exact) mass is 368 g/mol. The molecule has 1 heterocycles. The topological polar surface area (TPSA) is 32.7 Å². The van der Waals surface area contributed by atoms with Gasteiger partial charge in [-0.05, 0) is 40.6 Å². The molecule has 4 heteroatoms. The van der Waals surface area contributed by atoms with Gasteiger partial charge in [-0.25, -0.2) is 4.99 Å². The maximum atomic E-state index is 13.0. The number of terminal acetylenes is 1. The summed E-state index contributed by atoms with van der Waals surface area (Å²) in [7, 11) is 0. The molecule has 0 bridgehead atoms. The minimum absolute atomic E-state index is 0.145. The zero-order chi connectivity index (χ0) is 18.6. The summed E-state index contributed by atoms with van der Waals surface area (Å²) in [4.78, 5) is 19.2. The van der Waals surface area contributed by atoms with Crippen LogP contribution < -0.4 is 4.90 Å². The van der Waals surface area contributed by atoms with Crippen LogP contribution in [0, 0.1) is 12.3 Å². The first-order valence-electron chi connectivity index (χ1n) is 8.51. The van der Waals surface area contributed by atoms with E-state index in [1.807, 2.05) is 60.7 Å². The third kappa shape index (κ3) is 3.51. The van der Waals surface area contributed by atoms with Crippen molar-refractivity contribution in [3.8, 4) is 12.3 Å². The Hall–Kier alpha value is -3.29. The molecule has 0 saturated carbocycles. The number of carbonyl (C=O) groups is 1. The van der Waals surface area contributed by atoms with Gasteiger partial charge in [0.15, 0.2) is 5.17 Å². The zero-order valence-corrected chi connectivity index (χ0v) is 15.3. The lowest BCUT2D eigenvalue weighted by Gasteiger charge is -2.16. The van der Waals surface area contributed by atoms with Crippen molar-refractivity contribution in [2.45, 2.75) is 0 Å². The molecular weight excluding hydrogens is 352 g/mol. The predicted octanol–water partition coefficient (Wildman–Crippen LogP) is 4.95. The zero-order valence-electron chi connectivity index (χ0n) is 14.5. The number of amidine groups is 1. The molecule has 4 rings (SSSR count). The Balaban J connectivity index is 1.73. The third-order valence-corrected chi connectivity index (χ3v) is 5.05. The number of thioether (sulfide) groups is 1. The average molecular weight is 368 g/mol. The van der Waals surface area contributed by atoms with E-state index in [4.69, 9.17) is 6.42 Å². The van der Waals surface area contributed by atoms with Crippen LogP contribution in [0.3, 0.4) is 0 Å². The summed E-state index contributed by atoms with van der Waals surface area (Å²) < 4.78 is 0. The first-order chi connectivity index (χ1) is 13.3. The molecule has 1 amide bonds. The normalized spacial score (nSPS) is 15.2. The molecule has 0 atom stereocenters. The van der Waals surface area contributed by atoms with Crippen LogP contribution >= 0.6 is 11.8 Å². The van der Waals surface area contributed by atoms with E-state index in [0.717, 1.165) is 22.0 Å². The van der Waals surface area contributed by atoms with E-state index in [1.165, 1.54) is 11.8 Å². The summed E-state index contributed by atoms with van der Waals surface area (Å²) in [6.07, 6.45) is 7.22. The van der Waals surface area contributed by atoms with Crippen molar-refractivity contribution in [2.24, 2.45) is 4.99 Å². The minimum atomic E-state index is -0.145. The second-order valence-electron chi connectivity index (χ2n) is 6.00. The Labute approximate surface area is 162 Å². The second-order valence-corrected chi connectivity index (χ2v) is 6.94. The van der Waals surface area contributed by atoms with E-state index in [9.17, 15) is 4.79 Å². The van der Waals surface area contributed by atoms with Gasteiger partial charge in [-0.1, -0.05) is 72.3 Å². The number of rotatable bonds is 3. The van der Waals surface area contributed by atoms with Gasteiger partial charge in [-0.15, -0.1) is 6.42 Å². The van der Waals surface area contributed by atoms with Gasteiger partial charge in [0, 0.05) is 0 Å². The molecule has 0 spiro atoms. The standard InChI is InChI=1S/C23H16N2OS/c1-2-14-27-23-24-21(22(26)25(23)20-10-4-3-5-11-20)16-17-12-13-18-8-6-7-9-19(18)15-17/h1,3-13,15-16H,14H2/b21-16+. The molecule has 0 saturated heterocycles. The molecule has 27 heavy (non-hydrogen) atoms. The SMILES string of the molecule is C#CCSC1=N/C(=C/c2ccc3ccccc3c2)C(=O)N1c1ccccc1. The maximum absolute atomic E-state index is 13.0. The van der Waals surface area contributed by atoms with Crippen LogP contribution in [0.4, 0.5) is 5.69 Å². The molecule has 0 aliphatic carbocycles. The van der Waals surface area contributed by atoms with Crippen LogP contribution in [0.2, 0.25) is 0 Å². The van der Waals surface area contributed by atoms with Crippen molar-refractivity contribution in [2.75, 3.05) is 10.7 Å². The van der Waals surface area contributed by atoms with Crippen molar-refractivity contribution in [3.05, 3.63) is 84.1 Å². The summed E-state index contributed by atoms with van der Waals surface area (Å²) in [6.45, 7) is 0. The number of nitrogens with zero attached hydrogens (tertiary/aromatic N) is 2. The fourth-order valence-corrected chi connectivity index (χ4v) is 3.65. The molecule has 1 aliphatic heterocycles. The Morgan fingerprint density at radius 1 is 1.00 bits per heavy atom. The van der Waals surface area contributed by atoms with Crippen LogP contribution in [-0.2, 0) is 4.79 Å². The Morgan fingerprint density at radius 3 is 2.52 bits per heavy atom. The molecule has 3 aromatic carbocycles. The predicted molar refractivity (Wildman–Crippen MR) is 115 cm³/mol. The van der Waals surface area contributed by atoms with E-state index >= 15 is 0 Å². The van der Waals surface area contributed by atoms with Gasteiger partial charge in [0.1, 0.15) is 5.70 Å². The second kappa shape index (κ2) is 7.53. The summed E-state index contributed by atoms with van der Waals surface area (Å²) in [5, 5.41) is 2.90. The minimum Gasteiger partial charge on any atom is -0.266 e. The van der Waals surface area contributed by atoms with Gasteiger partial charge in [0.2, 0.25) is 0 Å². The van der Waals surface area contributed by atoms with E-state index in [-0.39, 0.29) is 5.91 Å². The molecule has 1 aliphatic rings. The van der Waals surface area contributed by atoms with Crippen LogP contribution in [0.1, 0.15) is 5.56 Å². The number of amides is 1. The Kier molecular flexibility index (Phi) is 4.78. The Morgan fingerprint density at radius 2 is 1.74 bits per heavy atom. The van der Waals surface area contributed by atoms with Gasteiger partial charge in [0.05, 0.1) is 11.4 Å². The molecule has 3 nitrogen and oxygen atoms in total. The molecular formula is C23H16N2OS. The van der Waals surface area contributed by atoms with Crippen molar-refractivity contribution in [1.82, 2.24) is 0 Å². The van der Waals surface area contributed by atoms with E-state index in [2.05, 4.69) is 29.1 Å². The van der Waals surface area contributed by atoms with E-state index in [0.29, 0.717) is 16.6 Å². The van der Waals surface area contributed by atoms with Crippen LogP contribution in [0.5, 0.6) is 0 Å². The summed E-state index contributed by atoms with van der Waals surface area (Å²) in [5.41, 5.74) is 2.14. The summed E-state index contributed by atoms with van der Waals surface area (Å²) >= 11 is 1.39. The van der Waals surface area contributed by atoms with Gasteiger partial charge >= 0.3 is 0 Å². The van der Waals surface area contributed by atoms with Gasteiger partial charge < -0.3 is 0 Å². The van der Waals surface area contributed by atoms with E-state index in [1.54, 1.807) is 4.90 Å². The average Bonchev–Trinajstić information content (AvgIpc) is 3.02. The lowest BCUT2D eigenvalue weighted by Crippen LogP contribution is -2.30. The van der Waals surface area contributed by atoms with Crippen LogP contribution in [0.15, 0.2) is 83.5 Å². The number of benzene rings is 3. The van der Waals surface area contributed by atoms with Crippen LogP contribution in [-0.4, -0.2) is 16.8 Å². The quantitative estimate of drug-likeness (QED) is 0.484. The molecule has 0 aromatic heterocycles. The number of hydrogen-bond acceptors (Lipinski definition) is 3. The van der Waals surface area contributed by atoms with Crippen molar-refractivity contribution >= 4 is 45.4 Å². The lowest BCUT2D eigenvalue weighted by molar-refractivity contribution is -0.113. The fraction of sp³-hybridized carbons (Fsp3) is 0.0435. The number of hydrogen-bond donors (Lipinski definition) is 0. The van der Waals surface area contributed by atoms with Crippen molar-refractivity contribution < 1.29 is 4.79 Å². The number of fused-ring (bicyclic) bond motifs is 1. The maximum Gasteiger partial charge on any atom is 0.283 e. The molecule has 130 valence electrons. The summed E-state index contributed by atoms with van der Waals surface area (Å²) in [6, 6.07) is 23.7. The molecule has 0 N–H and O–H groups in total. The highest BCUT2D eigenvalue weighted by atomic mass is 32.2. The van der Waals surface area contributed by atoms with Gasteiger partial charge in [-0.3, -0.25) is 9.69 Å². The fourth-order valence-electron chi connectivity index (χ4n) is 2.96. The number of carbonyl (C=O) groups excluding carboxylic acids is 1. The smallest absolute Gasteiger partial charge is 0.266 e. The number of para-hydroxylation sites is 1. The van der Waals surface area contributed by atoms with Gasteiger partial charge in [-0.2, -0.15) is 0 Å². The summed E-state index contributed by atoms with van der Waals surface area (Å²) in [5.74, 6) is 2.90. The first-order valence-corrected chi connectivity index (χ1v) is 9.50. The lowest BCUT2D eigenvalue weighted by atomic mass is 10.1. The highest BCUT2D eigenvalue weighted by Gasteiger charge is 2.31. The van der Waals surface area contributed by atoms with E-state index < -0.39 is 0 Å². The number of aliphatic imine (C=N–C) groups is 1. The Bertz CT molecular complexity index is 1110. The van der Waals surface area contributed by atoms with Crippen molar-refractivity contribution in [1.29, 1.82) is 0 Å². The van der Waals surface area contributed by atoms with Crippen LogP contribution in [0.25, 0.3) is 16.8 Å². The number of anilines is 1. The molecule has 3 aromatic rings. The van der Waals surface area contributed by atoms with Gasteiger partial charge in [0.25, 0.3) is 5.91 Å². The molecule has 0 fully saturated rings. The third-order valence-electron chi connectivity index (χ3n) is 4.21. The van der Waals surface area contributed by atoms with Crippen molar-refractivity contribution in [3.63, 3.8) is 0 Å². The first kappa shape index (κ1) is 17.1. The largest absolute Gasteiger partial charge is 0.283 e. The highest BCUT2D eigenvalue weighted by Crippen LogP contribution is 2.29.